The van der Waals surface area contributed by atoms with Gasteiger partial charge in [0.1, 0.15) is 11.6 Å². The second-order valence-corrected chi connectivity index (χ2v) is 2.35. The summed E-state index contributed by atoms with van der Waals surface area (Å²) in [4.78, 5) is 0. The minimum atomic E-state index is -0.648. The monoisotopic (exact) mass is 180 g/mol. The number of nitrogens with two attached hydrogens (primary N) is 1. The lowest BCUT2D eigenvalue weighted by Crippen LogP contribution is -1.99. The van der Waals surface area contributed by atoms with Crippen molar-refractivity contribution < 1.29 is 8.78 Å². The van der Waals surface area contributed by atoms with Gasteiger partial charge in [-0.1, -0.05) is 0 Å². The maximum Gasteiger partial charge on any atom is 0.132 e. The Morgan fingerprint density at radius 2 is 2.15 bits per heavy atom. The third-order valence-electron chi connectivity index (χ3n) is 1.46. The molecule has 0 atom stereocenters. The first-order valence-corrected chi connectivity index (χ1v) is 3.46. The molecule has 0 aromatic heterocycles. The molecule has 0 fully saturated rings. The van der Waals surface area contributed by atoms with Gasteiger partial charge < -0.3 is 5.73 Å². The standard InChI is InChI=1S/C9H6F2N2/c10-6-1-2-8(11)7(5-6)9(13)3-4-12/h1-3,5H,13H2/b9-3+. The summed E-state index contributed by atoms with van der Waals surface area (Å²) in [5.74, 6) is -1.24. The van der Waals surface area contributed by atoms with Crippen molar-refractivity contribution in [3.63, 3.8) is 0 Å². The molecule has 0 amide bonds. The molecule has 1 rings (SSSR count). The number of nitriles is 1. The first-order valence-electron chi connectivity index (χ1n) is 3.46. The molecule has 0 unspecified atom stereocenters. The molecule has 13 heavy (non-hydrogen) atoms. The Morgan fingerprint density at radius 1 is 1.46 bits per heavy atom. The third-order valence-corrected chi connectivity index (χ3v) is 1.46. The Labute approximate surface area is 73.9 Å². The van der Waals surface area contributed by atoms with E-state index in [0.717, 1.165) is 24.3 Å². The van der Waals surface area contributed by atoms with Crippen LogP contribution in [0.4, 0.5) is 8.78 Å². The summed E-state index contributed by atoms with van der Waals surface area (Å²) < 4.78 is 25.6. The van der Waals surface area contributed by atoms with E-state index in [1.165, 1.54) is 0 Å². The van der Waals surface area contributed by atoms with E-state index < -0.39 is 11.6 Å². The molecule has 4 heteroatoms. The third kappa shape index (κ3) is 2.03. The summed E-state index contributed by atoms with van der Waals surface area (Å²) in [5.41, 5.74) is 5.13. The number of rotatable bonds is 1. The maximum atomic E-state index is 12.9. The molecule has 2 N–H and O–H groups in total. The average Bonchev–Trinajstić information content (AvgIpc) is 2.09. The Kier molecular flexibility index (Phi) is 2.60. The molecule has 0 heterocycles. The predicted molar refractivity (Wildman–Crippen MR) is 44.1 cm³/mol. The van der Waals surface area contributed by atoms with Crippen molar-refractivity contribution in [3.05, 3.63) is 41.5 Å². The van der Waals surface area contributed by atoms with Gasteiger partial charge in [0, 0.05) is 11.6 Å². The van der Waals surface area contributed by atoms with E-state index in [1.807, 2.05) is 0 Å². The molecule has 0 saturated heterocycles. The van der Waals surface area contributed by atoms with Gasteiger partial charge in [-0.25, -0.2) is 8.78 Å². The SMILES string of the molecule is N#C/C=C(/N)c1cc(F)ccc1F. The lowest BCUT2D eigenvalue weighted by Gasteiger charge is -2.01. The normalized spacial score (nSPS) is 11.0. The van der Waals surface area contributed by atoms with Crippen molar-refractivity contribution in [2.45, 2.75) is 0 Å². The summed E-state index contributed by atoms with van der Waals surface area (Å²) in [6.45, 7) is 0. The average molecular weight is 180 g/mol. The number of nitrogens with zero attached hydrogens (tertiary/aromatic N) is 1. The lowest BCUT2D eigenvalue weighted by atomic mass is 10.1. The number of allylic oxidation sites excluding steroid dienone is 1. The van der Waals surface area contributed by atoms with E-state index in [2.05, 4.69) is 0 Å². The molecule has 0 aliphatic carbocycles. The predicted octanol–water partition coefficient (Wildman–Crippen LogP) is 1.79. The fourth-order valence-electron chi connectivity index (χ4n) is 0.866. The molecule has 0 bridgehead atoms. The first-order chi connectivity index (χ1) is 6.15. The van der Waals surface area contributed by atoms with E-state index in [-0.39, 0.29) is 11.3 Å². The molecule has 0 spiro atoms. The van der Waals surface area contributed by atoms with Crippen LogP contribution in [0.15, 0.2) is 24.3 Å². The van der Waals surface area contributed by atoms with Crippen LogP contribution in [-0.4, -0.2) is 0 Å². The van der Waals surface area contributed by atoms with Crippen LogP contribution in [0.3, 0.4) is 0 Å². The number of benzene rings is 1. The van der Waals surface area contributed by atoms with Crippen molar-refractivity contribution >= 4 is 5.70 Å². The van der Waals surface area contributed by atoms with Gasteiger partial charge in [-0.05, 0) is 18.2 Å². The summed E-state index contributed by atoms with van der Waals surface area (Å²) in [6.07, 6.45) is 0.956. The molecule has 0 saturated carbocycles. The zero-order valence-corrected chi connectivity index (χ0v) is 6.59. The molecule has 66 valence electrons. The Morgan fingerprint density at radius 3 is 2.77 bits per heavy atom. The zero-order chi connectivity index (χ0) is 9.84. The number of halogens is 2. The van der Waals surface area contributed by atoms with Crippen LogP contribution < -0.4 is 5.73 Å². The Bertz CT molecular complexity index is 391. The van der Waals surface area contributed by atoms with Crippen LogP contribution in [0, 0.1) is 23.0 Å². The second kappa shape index (κ2) is 3.68. The van der Waals surface area contributed by atoms with Gasteiger partial charge in [-0.3, -0.25) is 0 Å². The van der Waals surface area contributed by atoms with E-state index in [1.54, 1.807) is 6.07 Å². The van der Waals surface area contributed by atoms with Crippen LogP contribution in [0.25, 0.3) is 5.70 Å². The van der Waals surface area contributed by atoms with Gasteiger partial charge in [0.05, 0.1) is 11.8 Å². The van der Waals surface area contributed by atoms with Gasteiger partial charge in [-0.2, -0.15) is 5.26 Å². The van der Waals surface area contributed by atoms with Crippen molar-refractivity contribution in [2.75, 3.05) is 0 Å². The van der Waals surface area contributed by atoms with Crippen molar-refractivity contribution in [2.24, 2.45) is 5.73 Å². The van der Waals surface area contributed by atoms with Crippen LogP contribution in [-0.2, 0) is 0 Å². The van der Waals surface area contributed by atoms with Crippen LogP contribution >= 0.6 is 0 Å². The summed E-state index contributed by atoms with van der Waals surface area (Å²) in [5, 5.41) is 8.24. The second-order valence-electron chi connectivity index (χ2n) is 2.35. The molecule has 1 aromatic rings. The molecule has 2 nitrogen and oxygen atoms in total. The minimum absolute atomic E-state index is 0.0838. The van der Waals surface area contributed by atoms with E-state index >= 15 is 0 Å². The van der Waals surface area contributed by atoms with E-state index in [9.17, 15) is 8.78 Å². The molecule has 0 aliphatic heterocycles. The summed E-state index contributed by atoms with van der Waals surface area (Å²) in [6, 6.07) is 4.53. The fraction of sp³-hybridized carbons (Fsp3) is 0. The molecule has 0 aliphatic rings. The Hall–Kier alpha value is -1.89. The summed E-state index contributed by atoms with van der Waals surface area (Å²) >= 11 is 0. The van der Waals surface area contributed by atoms with E-state index in [4.69, 9.17) is 11.0 Å². The highest BCUT2D eigenvalue weighted by Crippen LogP contribution is 2.14. The topological polar surface area (TPSA) is 49.8 Å². The zero-order valence-electron chi connectivity index (χ0n) is 6.59. The van der Waals surface area contributed by atoms with Gasteiger partial charge >= 0.3 is 0 Å². The molecule has 0 radical (unpaired) electrons. The maximum absolute atomic E-state index is 12.9. The van der Waals surface area contributed by atoms with Crippen LogP contribution in [0.5, 0.6) is 0 Å². The number of hydrogen-bond donors (Lipinski definition) is 1. The minimum Gasteiger partial charge on any atom is -0.398 e. The molecular formula is C9H6F2N2. The van der Waals surface area contributed by atoms with Gasteiger partial charge in [-0.15, -0.1) is 0 Å². The molecular weight excluding hydrogens is 174 g/mol. The van der Waals surface area contributed by atoms with Crippen molar-refractivity contribution in [3.8, 4) is 6.07 Å². The van der Waals surface area contributed by atoms with Gasteiger partial charge in [0.25, 0.3) is 0 Å². The lowest BCUT2D eigenvalue weighted by molar-refractivity contribution is 0.597. The smallest absolute Gasteiger partial charge is 0.132 e. The number of hydrogen-bond acceptors (Lipinski definition) is 2. The molecule has 1 aromatic carbocycles. The largest absolute Gasteiger partial charge is 0.398 e. The fourth-order valence-corrected chi connectivity index (χ4v) is 0.866. The first kappa shape index (κ1) is 9.20. The van der Waals surface area contributed by atoms with Gasteiger partial charge in [0.2, 0.25) is 0 Å². The van der Waals surface area contributed by atoms with Crippen molar-refractivity contribution in [1.82, 2.24) is 0 Å². The Balaban J connectivity index is 3.22. The van der Waals surface area contributed by atoms with E-state index in [0.29, 0.717) is 0 Å². The highest BCUT2D eigenvalue weighted by Gasteiger charge is 2.05. The van der Waals surface area contributed by atoms with Gasteiger partial charge in [0.15, 0.2) is 0 Å². The van der Waals surface area contributed by atoms with Crippen LogP contribution in [0.2, 0.25) is 0 Å². The highest BCUT2D eigenvalue weighted by atomic mass is 19.1. The highest BCUT2D eigenvalue weighted by molar-refractivity contribution is 5.65. The summed E-state index contributed by atoms with van der Waals surface area (Å²) in [7, 11) is 0. The van der Waals surface area contributed by atoms with Crippen LogP contribution in [0.1, 0.15) is 5.56 Å². The van der Waals surface area contributed by atoms with Crippen molar-refractivity contribution in [1.29, 1.82) is 5.26 Å². The quantitative estimate of drug-likeness (QED) is 0.670.